The highest BCUT2D eigenvalue weighted by molar-refractivity contribution is 6.11. The van der Waals surface area contributed by atoms with Gasteiger partial charge in [0.05, 0.1) is 45.7 Å². The average Bonchev–Trinajstić information content (AvgIpc) is 3.62. The molecule has 0 aliphatic heterocycles. The lowest BCUT2D eigenvalue weighted by Crippen LogP contribution is -2.41. The van der Waals surface area contributed by atoms with Gasteiger partial charge in [0.15, 0.2) is 0 Å². The van der Waals surface area contributed by atoms with Crippen molar-refractivity contribution in [2.75, 3.05) is 4.90 Å². The maximum Gasteiger partial charge on any atom is 0.0991 e. The van der Waals surface area contributed by atoms with Gasteiger partial charge < -0.3 is 9.47 Å². The highest BCUT2D eigenvalue weighted by Crippen LogP contribution is 2.58. The fourth-order valence-corrected chi connectivity index (χ4v) is 11.3. The molecule has 2 saturated carbocycles. The van der Waals surface area contributed by atoms with Crippen molar-refractivity contribution < 1.29 is 0 Å². The smallest absolute Gasteiger partial charge is 0.0991 e. The summed E-state index contributed by atoms with van der Waals surface area (Å²) in [6.07, 6.45) is 16.9. The van der Waals surface area contributed by atoms with Gasteiger partial charge in [-0.3, -0.25) is 0 Å². The summed E-state index contributed by atoms with van der Waals surface area (Å²) in [7, 11) is 0. The third-order valence-electron chi connectivity index (χ3n) is 14.6. The summed E-state index contributed by atoms with van der Waals surface area (Å²) in [5, 5.41) is 23.8. The van der Waals surface area contributed by atoms with Crippen molar-refractivity contribution in [3.63, 3.8) is 0 Å². The molecule has 5 aromatic carbocycles. The monoisotopic (exact) mass is 873 g/mol. The van der Waals surface area contributed by atoms with Crippen LogP contribution in [0.1, 0.15) is 185 Å². The van der Waals surface area contributed by atoms with E-state index in [1.165, 1.54) is 99.4 Å². The molecule has 0 amide bonds. The molecule has 0 atom stereocenters. The van der Waals surface area contributed by atoms with Crippen LogP contribution >= 0.6 is 0 Å². The topological polar surface area (TPSA) is 55.8 Å². The molecule has 8 rings (SSSR count). The van der Waals surface area contributed by atoms with Gasteiger partial charge in [-0.25, -0.2) is 0 Å². The van der Waals surface area contributed by atoms with Crippen LogP contribution in [0.25, 0.3) is 49.7 Å². The van der Waals surface area contributed by atoms with Crippen LogP contribution in [-0.2, 0) is 10.8 Å². The van der Waals surface area contributed by atoms with Gasteiger partial charge >= 0.3 is 0 Å². The molecule has 0 bridgehead atoms. The summed E-state index contributed by atoms with van der Waals surface area (Å²) >= 11 is 0. The number of allylic oxidation sites excluding steroid dienone is 2. The minimum atomic E-state index is -0.410. The standard InChI is InChI=1S/C62H72N4/c1-12-13-22-41(2)66(62(9,10)11)59-56(46-29-20-23-42(35-46)39-63)54(44-25-16-14-17-26-44)58(55(45-27-18-15-19-28-45)57(59)47-30-21-24-43(36-47)40-64)65-52-33-31-48(60(3,4)5)37-50(52)51-38-49(61(6,7)8)32-34-53(51)65/h13,20-24,29-38,44-45H,2,12,14-19,25-28H2,1,3-11H3/b22-13-. The second-order valence-corrected chi connectivity index (χ2v) is 22.4. The Hall–Kier alpha value is -5.84. The SMILES string of the molecule is C=C(/C=C\CC)N(c1c(-c2cccc(C#N)c2)c(C2CCCCC2)c(-n2c3ccc(C(C)(C)C)cc3c3cc(C(C)(C)C)ccc32)c(C2CCCCC2)c1-c1cccc(C#N)c1)C(C)(C)C. The highest BCUT2D eigenvalue weighted by Gasteiger charge is 2.40. The molecule has 0 radical (unpaired) electrons. The molecule has 340 valence electrons. The molecular weight excluding hydrogens is 801 g/mol. The van der Waals surface area contributed by atoms with E-state index < -0.39 is 5.54 Å². The van der Waals surface area contributed by atoms with Crippen molar-refractivity contribution in [3.05, 3.63) is 143 Å². The average molecular weight is 873 g/mol. The number of anilines is 1. The molecule has 2 aliphatic rings. The Morgan fingerprint density at radius 1 is 0.636 bits per heavy atom. The largest absolute Gasteiger partial charge is 0.336 e. The molecule has 4 nitrogen and oxygen atoms in total. The minimum Gasteiger partial charge on any atom is -0.336 e. The van der Waals surface area contributed by atoms with Gasteiger partial charge in [0.25, 0.3) is 0 Å². The molecule has 0 saturated heterocycles. The lowest BCUT2D eigenvalue weighted by molar-refractivity contribution is 0.435. The molecule has 66 heavy (non-hydrogen) atoms. The summed E-state index contributed by atoms with van der Waals surface area (Å²) in [5.74, 6) is 0.540. The highest BCUT2D eigenvalue weighted by atomic mass is 15.2. The van der Waals surface area contributed by atoms with Crippen LogP contribution in [0.4, 0.5) is 5.69 Å². The van der Waals surface area contributed by atoms with Crippen LogP contribution in [0.3, 0.4) is 0 Å². The van der Waals surface area contributed by atoms with Crippen LogP contribution in [0.2, 0.25) is 0 Å². The van der Waals surface area contributed by atoms with Gasteiger partial charge in [-0.2, -0.15) is 10.5 Å². The van der Waals surface area contributed by atoms with E-state index in [1.54, 1.807) is 0 Å². The fraction of sp³-hybridized carbons (Fsp3) is 0.419. The van der Waals surface area contributed by atoms with Gasteiger partial charge in [0, 0.05) is 33.1 Å². The molecule has 2 aliphatic carbocycles. The summed E-state index contributed by atoms with van der Waals surface area (Å²) in [4.78, 5) is 2.52. The van der Waals surface area contributed by atoms with Crippen molar-refractivity contribution in [2.24, 2.45) is 0 Å². The zero-order valence-electron chi connectivity index (χ0n) is 41.7. The van der Waals surface area contributed by atoms with Gasteiger partial charge in [-0.15, -0.1) is 0 Å². The quantitative estimate of drug-likeness (QED) is 0.136. The Morgan fingerprint density at radius 3 is 1.45 bits per heavy atom. The Bertz CT molecular complexity index is 2730. The van der Waals surface area contributed by atoms with E-state index in [4.69, 9.17) is 6.58 Å². The second kappa shape index (κ2) is 18.4. The van der Waals surface area contributed by atoms with Gasteiger partial charge in [0.1, 0.15) is 0 Å². The van der Waals surface area contributed by atoms with Crippen LogP contribution < -0.4 is 4.90 Å². The van der Waals surface area contributed by atoms with Crippen LogP contribution in [0.15, 0.2) is 109 Å². The van der Waals surface area contributed by atoms with Crippen molar-refractivity contribution >= 4 is 27.5 Å². The van der Waals surface area contributed by atoms with Crippen molar-refractivity contribution in [1.29, 1.82) is 10.5 Å². The minimum absolute atomic E-state index is 0.0324. The fourth-order valence-electron chi connectivity index (χ4n) is 11.3. The first-order valence-electron chi connectivity index (χ1n) is 25.0. The summed E-state index contributed by atoms with van der Waals surface area (Å²) in [6, 6.07) is 36.4. The molecule has 4 heteroatoms. The number of fused-ring (bicyclic) bond motifs is 3. The number of hydrogen-bond acceptors (Lipinski definition) is 3. The van der Waals surface area contributed by atoms with Crippen molar-refractivity contribution in [1.82, 2.24) is 4.57 Å². The number of rotatable bonds is 9. The van der Waals surface area contributed by atoms with Crippen LogP contribution in [0, 0.1) is 22.7 Å². The predicted molar refractivity (Wildman–Crippen MR) is 281 cm³/mol. The normalized spacial score (nSPS) is 15.6. The maximum absolute atomic E-state index is 10.6. The second-order valence-electron chi connectivity index (χ2n) is 22.4. The number of nitrogens with zero attached hydrogens (tertiary/aromatic N) is 4. The van der Waals surface area contributed by atoms with E-state index in [9.17, 15) is 10.5 Å². The first-order chi connectivity index (χ1) is 31.5. The molecule has 0 unspecified atom stereocenters. The summed E-state index contributed by atoms with van der Waals surface area (Å²) in [5.41, 5.74) is 16.5. The lowest BCUT2D eigenvalue weighted by atomic mass is 9.71. The van der Waals surface area contributed by atoms with E-state index >= 15 is 0 Å². The zero-order valence-corrected chi connectivity index (χ0v) is 41.7. The number of aromatic nitrogens is 1. The molecule has 0 N–H and O–H groups in total. The number of benzene rings is 5. The third kappa shape index (κ3) is 8.90. The molecule has 1 heterocycles. The van der Waals surface area contributed by atoms with Crippen LogP contribution in [-0.4, -0.2) is 10.1 Å². The first-order valence-corrected chi connectivity index (χ1v) is 25.0. The van der Waals surface area contributed by atoms with E-state index in [2.05, 4.69) is 176 Å². The van der Waals surface area contributed by atoms with E-state index in [0.717, 1.165) is 54.6 Å². The first kappa shape index (κ1) is 46.7. The van der Waals surface area contributed by atoms with Gasteiger partial charge in [0.2, 0.25) is 0 Å². The number of nitriles is 2. The van der Waals surface area contributed by atoms with Gasteiger partial charge in [-0.1, -0.05) is 136 Å². The molecule has 0 spiro atoms. The Morgan fingerprint density at radius 2 is 1.08 bits per heavy atom. The molecule has 2 fully saturated rings. The Balaban J connectivity index is 1.73. The summed E-state index contributed by atoms with van der Waals surface area (Å²) in [6.45, 7) is 27.9. The third-order valence-corrected chi connectivity index (χ3v) is 14.6. The maximum atomic E-state index is 10.6. The Kier molecular flexibility index (Phi) is 13.0. The number of hydrogen-bond donors (Lipinski definition) is 0. The van der Waals surface area contributed by atoms with Crippen molar-refractivity contribution in [2.45, 2.75) is 168 Å². The van der Waals surface area contributed by atoms with E-state index in [1.807, 2.05) is 12.1 Å². The zero-order chi connectivity index (χ0) is 47.1. The van der Waals surface area contributed by atoms with Crippen molar-refractivity contribution in [3.8, 4) is 40.1 Å². The van der Waals surface area contributed by atoms with Crippen LogP contribution in [0.5, 0.6) is 0 Å². The Labute approximate surface area is 396 Å². The lowest BCUT2D eigenvalue weighted by Gasteiger charge is -2.44. The van der Waals surface area contributed by atoms with E-state index in [0.29, 0.717) is 11.1 Å². The van der Waals surface area contributed by atoms with Gasteiger partial charge in [-0.05, 0) is 164 Å². The predicted octanol–water partition coefficient (Wildman–Crippen LogP) is 17.6. The molecule has 1 aromatic heterocycles. The molecular formula is C62H72N4. The molecule has 6 aromatic rings. The summed E-state index contributed by atoms with van der Waals surface area (Å²) < 4.78 is 2.70. The van der Waals surface area contributed by atoms with E-state index in [-0.39, 0.29) is 22.7 Å².